The normalized spacial score (nSPS) is 41.2. The van der Waals surface area contributed by atoms with Crippen molar-refractivity contribution >= 4 is 27.6 Å². The van der Waals surface area contributed by atoms with Crippen molar-refractivity contribution in [2.75, 3.05) is 13.1 Å². The minimum atomic E-state index is -0.631. The van der Waals surface area contributed by atoms with Gasteiger partial charge >= 0.3 is 0 Å². The summed E-state index contributed by atoms with van der Waals surface area (Å²) in [7, 11) is 0. The van der Waals surface area contributed by atoms with Crippen molar-refractivity contribution in [3.63, 3.8) is 0 Å². The van der Waals surface area contributed by atoms with E-state index in [2.05, 4.69) is 21.2 Å². The zero-order valence-electron chi connectivity index (χ0n) is 11.2. The van der Waals surface area contributed by atoms with E-state index in [9.17, 15) is 9.59 Å². The number of Topliss-reactive ketones (excluding diaryl/α,β-unsaturated/α-hetero) is 1. The molecule has 0 heterocycles. The first kappa shape index (κ1) is 14.0. The van der Waals surface area contributed by atoms with Gasteiger partial charge in [0.05, 0.1) is 10.2 Å². The van der Waals surface area contributed by atoms with Gasteiger partial charge in [-0.3, -0.25) is 9.59 Å². The number of halogens is 1. The van der Waals surface area contributed by atoms with Crippen LogP contribution >= 0.6 is 15.9 Å². The molecule has 0 aliphatic heterocycles. The lowest BCUT2D eigenvalue weighted by molar-refractivity contribution is -0.135. The maximum atomic E-state index is 12.5. The maximum Gasteiger partial charge on any atom is 0.228 e. The summed E-state index contributed by atoms with van der Waals surface area (Å²) in [6.07, 6.45) is 1.55. The van der Waals surface area contributed by atoms with E-state index >= 15 is 0 Å². The third kappa shape index (κ3) is 1.29. The fourth-order valence-corrected chi connectivity index (χ4v) is 5.31. The standard InChI is InChI=1S/C13H21BrN2O2/c1-11(2)12(3)4-5-13(11,8(14)9(12)17)10(18)16-7-6-15/h8H,4-7,15H2,1-3H3,(H,16,18)/t8-,12-,13+/m1/s1. The van der Waals surface area contributed by atoms with E-state index in [4.69, 9.17) is 5.73 Å². The molecule has 1 amide bonds. The molecule has 4 nitrogen and oxygen atoms in total. The van der Waals surface area contributed by atoms with Crippen molar-refractivity contribution in [1.29, 1.82) is 0 Å². The molecule has 18 heavy (non-hydrogen) atoms. The van der Waals surface area contributed by atoms with Crippen LogP contribution in [-0.4, -0.2) is 29.6 Å². The van der Waals surface area contributed by atoms with Gasteiger partial charge in [-0.05, 0) is 18.3 Å². The van der Waals surface area contributed by atoms with Gasteiger partial charge in [-0.2, -0.15) is 0 Å². The van der Waals surface area contributed by atoms with Crippen LogP contribution in [-0.2, 0) is 9.59 Å². The molecular weight excluding hydrogens is 296 g/mol. The lowest BCUT2D eigenvalue weighted by atomic mass is 9.64. The minimum absolute atomic E-state index is 0.0330. The average Bonchev–Trinajstić information content (AvgIpc) is 2.59. The average molecular weight is 317 g/mol. The van der Waals surface area contributed by atoms with E-state index in [1.165, 1.54) is 0 Å². The van der Waals surface area contributed by atoms with Crippen LogP contribution in [0.15, 0.2) is 0 Å². The van der Waals surface area contributed by atoms with Crippen LogP contribution in [0.2, 0.25) is 0 Å². The highest BCUT2D eigenvalue weighted by Gasteiger charge is 2.76. The Balaban J connectivity index is 2.43. The molecule has 0 spiro atoms. The van der Waals surface area contributed by atoms with Crippen LogP contribution in [0.4, 0.5) is 0 Å². The van der Waals surface area contributed by atoms with E-state index in [0.717, 1.165) is 12.8 Å². The Bertz CT molecular complexity index is 410. The number of hydrogen-bond donors (Lipinski definition) is 2. The quantitative estimate of drug-likeness (QED) is 0.769. The predicted molar refractivity (Wildman–Crippen MR) is 73.3 cm³/mol. The summed E-state index contributed by atoms with van der Waals surface area (Å²) in [6.45, 7) is 6.96. The predicted octanol–water partition coefficient (Wildman–Crippen LogP) is 1.22. The monoisotopic (exact) mass is 316 g/mol. The number of rotatable bonds is 3. The number of nitrogens with two attached hydrogens (primary N) is 1. The highest BCUT2D eigenvalue weighted by molar-refractivity contribution is 9.10. The Hall–Kier alpha value is -0.420. The number of ketones is 1. The summed E-state index contributed by atoms with van der Waals surface area (Å²) in [5.41, 5.74) is 4.07. The van der Waals surface area contributed by atoms with E-state index < -0.39 is 10.8 Å². The molecule has 2 aliphatic carbocycles. The Morgan fingerprint density at radius 3 is 2.50 bits per heavy atom. The van der Waals surface area contributed by atoms with Crippen molar-refractivity contribution in [2.24, 2.45) is 22.0 Å². The third-order valence-corrected chi connectivity index (χ3v) is 6.75. The van der Waals surface area contributed by atoms with Crippen LogP contribution < -0.4 is 11.1 Å². The zero-order valence-corrected chi connectivity index (χ0v) is 12.8. The third-order valence-electron chi connectivity index (χ3n) is 5.56. The topological polar surface area (TPSA) is 72.2 Å². The molecule has 0 saturated heterocycles. The van der Waals surface area contributed by atoms with Gasteiger partial charge < -0.3 is 11.1 Å². The molecule has 3 N–H and O–H groups in total. The van der Waals surface area contributed by atoms with Crippen LogP contribution in [0.25, 0.3) is 0 Å². The largest absolute Gasteiger partial charge is 0.354 e. The molecule has 0 radical (unpaired) electrons. The highest BCUT2D eigenvalue weighted by Crippen LogP contribution is 2.72. The van der Waals surface area contributed by atoms with Crippen LogP contribution in [0.3, 0.4) is 0 Å². The Morgan fingerprint density at radius 2 is 2.06 bits per heavy atom. The Labute approximate surface area is 116 Å². The van der Waals surface area contributed by atoms with E-state index in [1.54, 1.807) is 0 Å². The number of carbonyl (C=O) groups excluding carboxylic acids is 2. The van der Waals surface area contributed by atoms with Gasteiger partial charge in [0.15, 0.2) is 5.78 Å². The summed E-state index contributed by atoms with van der Waals surface area (Å²) in [4.78, 5) is 24.6. The van der Waals surface area contributed by atoms with Gasteiger partial charge in [-0.1, -0.05) is 36.7 Å². The second-order valence-electron chi connectivity index (χ2n) is 6.20. The van der Waals surface area contributed by atoms with Gasteiger partial charge in [-0.15, -0.1) is 0 Å². The van der Waals surface area contributed by atoms with Crippen molar-refractivity contribution in [2.45, 2.75) is 38.4 Å². The molecular formula is C13H21BrN2O2. The van der Waals surface area contributed by atoms with Crippen LogP contribution in [0.1, 0.15) is 33.6 Å². The maximum absolute atomic E-state index is 12.5. The highest BCUT2D eigenvalue weighted by atomic mass is 79.9. The smallest absolute Gasteiger partial charge is 0.228 e. The Kier molecular flexibility index (Phi) is 3.14. The molecule has 2 rings (SSSR count). The van der Waals surface area contributed by atoms with Crippen LogP contribution in [0, 0.1) is 16.2 Å². The van der Waals surface area contributed by atoms with Crippen molar-refractivity contribution in [3.8, 4) is 0 Å². The summed E-state index contributed by atoms with van der Waals surface area (Å²) >= 11 is 3.48. The molecule has 0 aromatic rings. The molecule has 3 atom stereocenters. The second kappa shape index (κ2) is 4.04. The van der Waals surface area contributed by atoms with Gasteiger partial charge in [0.1, 0.15) is 0 Å². The lowest BCUT2D eigenvalue weighted by Crippen LogP contribution is -2.51. The van der Waals surface area contributed by atoms with Crippen molar-refractivity contribution in [3.05, 3.63) is 0 Å². The summed E-state index contributed by atoms with van der Waals surface area (Å²) < 4.78 is 0. The molecule has 0 unspecified atom stereocenters. The van der Waals surface area contributed by atoms with Gasteiger partial charge in [-0.25, -0.2) is 0 Å². The molecule has 2 aliphatic rings. The first-order valence-corrected chi connectivity index (χ1v) is 7.34. The number of hydrogen-bond acceptors (Lipinski definition) is 3. The number of fused-ring (bicyclic) bond motifs is 2. The zero-order chi connectivity index (χ0) is 13.8. The number of carbonyl (C=O) groups is 2. The second-order valence-corrected chi connectivity index (χ2v) is 7.12. The molecule has 0 aromatic heterocycles. The number of nitrogens with one attached hydrogen (secondary N) is 1. The molecule has 0 aromatic carbocycles. The SMILES string of the molecule is CC1(C)[C@]2(C)CC[C@@]1(C(=O)NCCN)[C@H](Br)C2=O. The van der Waals surface area contributed by atoms with E-state index in [0.29, 0.717) is 13.1 Å². The fraction of sp³-hybridized carbons (Fsp3) is 0.846. The van der Waals surface area contributed by atoms with Gasteiger partial charge in [0.25, 0.3) is 0 Å². The van der Waals surface area contributed by atoms with Crippen molar-refractivity contribution < 1.29 is 9.59 Å². The molecule has 2 saturated carbocycles. The van der Waals surface area contributed by atoms with Gasteiger partial charge in [0.2, 0.25) is 5.91 Å². The number of amides is 1. The number of alkyl halides is 1. The minimum Gasteiger partial charge on any atom is -0.354 e. The fourth-order valence-electron chi connectivity index (χ4n) is 3.80. The van der Waals surface area contributed by atoms with Gasteiger partial charge in [0, 0.05) is 18.5 Å². The molecule has 5 heteroatoms. The summed E-state index contributed by atoms with van der Waals surface area (Å²) in [6, 6.07) is 0. The van der Waals surface area contributed by atoms with Crippen molar-refractivity contribution in [1.82, 2.24) is 5.32 Å². The van der Waals surface area contributed by atoms with E-state index in [-0.39, 0.29) is 21.9 Å². The first-order valence-electron chi connectivity index (χ1n) is 6.42. The summed E-state index contributed by atoms with van der Waals surface area (Å²) in [5, 5.41) is 2.87. The molecule has 2 bridgehead atoms. The van der Waals surface area contributed by atoms with E-state index in [1.807, 2.05) is 20.8 Å². The Morgan fingerprint density at radius 1 is 1.44 bits per heavy atom. The first-order chi connectivity index (χ1) is 8.25. The summed E-state index contributed by atoms with van der Waals surface area (Å²) in [5.74, 6) is 0.135. The van der Waals surface area contributed by atoms with Crippen LogP contribution in [0.5, 0.6) is 0 Å². The molecule has 102 valence electrons. The lowest BCUT2D eigenvalue weighted by Gasteiger charge is -2.39. The molecule has 2 fully saturated rings.